The van der Waals surface area contributed by atoms with Crippen molar-refractivity contribution in [2.45, 2.75) is 0 Å². The van der Waals surface area contributed by atoms with Crippen LogP contribution in [0.15, 0.2) is 27.3 Å². The number of rotatable bonds is 2. The fourth-order valence-corrected chi connectivity index (χ4v) is 1.53. The quantitative estimate of drug-likeness (QED) is 0.797. The maximum Gasteiger partial charge on any atom is 0.218 e. The van der Waals surface area contributed by atoms with Crippen LogP contribution in [0.1, 0.15) is 0 Å². The largest absolute Gasteiger partial charge is 0.481 e. The number of aromatic nitrogens is 2. The average molecular weight is 290 g/mol. The van der Waals surface area contributed by atoms with Crippen molar-refractivity contribution in [3.05, 3.63) is 28.0 Å². The molecule has 0 atom stereocenters. The molecule has 2 rings (SSSR count). The van der Waals surface area contributed by atoms with Gasteiger partial charge in [0, 0.05) is 6.07 Å². The van der Waals surface area contributed by atoms with Crippen molar-refractivity contribution in [3.63, 3.8) is 0 Å². The van der Waals surface area contributed by atoms with Crippen LogP contribution >= 0.6 is 27.5 Å². The molecule has 4 nitrogen and oxygen atoms in total. The molecule has 0 saturated carbocycles. The third kappa shape index (κ3) is 2.30. The van der Waals surface area contributed by atoms with Crippen molar-refractivity contribution in [3.8, 4) is 17.5 Å². The molecule has 0 aromatic carbocycles. The molecule has 0 aliphatic carbocycles. The topological polar surface area (TPSA) is 48.2 Å². The van der Waals surface area contributed by atoms with Gasteiger partial charge in [-0.15, -0.1) is 0 Å². The van der Waals surface area contributed by atoms with E-state index in [0.29, 0.717) is 27.3 Å². The first-order valence-electron chi connectivity index (χ1n) is 4.03. The molecule has 0 N–H and O–H groups in total. The highest BCUT2D eigenvalue weighted by atomic mass is 79.9. The summed E-state index contributed by atoms with van der Waals surface area (Å²) in [5, 5.41) is 0.310. The van der Waals surface area contributed by atoms with E-state index < -0.39 is 0 Å². The van der Waals surface area contributed by atoms with Gasteiger partial charge in [0.25, 0.3) is 0 Å². The molecule has 0 bridgehead atoms. The second kappa shape index (κ2) is 4.20. The molecule has 15 heavy (non-hydrogen) atoms. The summed E-state index contributed by atoms with van der Waals surface area (Å²) < 4.78 is 10.9. The van der Waals surface area contributed by atoms with Crippen LogP contribution in [0, 0.1) is 0 Å². The lowest BCUT2D eigenvalue weighted by Gasteiger charge is -2.01. The zero-order valence-electron chi connectivity index (χ0n) is 7.70. The number of hydrogen-bond donors (Lipinski definition) is 0. The summed E-state index contributed by atoms with van der Waals surface area (Å²) in [4.78, 5) is 8.13. The Hall–Kier alpha value is -1.07. The molecular weight excluding hydrogens is 283 g/mol. The zero-order chi connectivity index (χ0) is 10.8. The van der Waals surface area contributed by atoms with Gasteiger partial charge in [0.15, 0.2) is 10.4 Å². The second-order valence-electron chi connectivity index (χ2n) is 2.66. The van der Waals surface area contributed by atoms with Crippen LogP contribution in [-0.2, 0) is 0 Å². The summed E-state index contributed by atoms with van der Waals surface area (Å²) in [6.45, 7) is 0. The van der Waals surface area contributed by atoms with Crippen molar-refractivity contribution in [2.75, 3.05) is 7.11 Å². The van der Waals surface area contributed by atoms with Crippen molar-refractivity contribution in [1.82, 2.24) is 9.97 Å². The van der Waals surface area contributed by atoms with Gasteiger partial charge in [-0.05, 0) is 28.1 Å². The number of ether oxygens (including phenoxy) is 1. The van der Waals surface area contributed by atoms with Gasteiger partial charge in [0.05, 0.1) is 7.11 Å². The molecule has 0 unspecified atom stereocenters. The Balaban J connectivity index is 2.48. The molecule has 0 aliphatic rings. The molecule has 2 aromatic rings. The zero-order valence-corrected chi connectivity index (χ0v) is 10.0. The summed E-state index contributed by atoms with van der Waals surface area (Å²) in [7, 11) is 1.51. The lowest BCUT2D eigenvalue weighted by atomic mass is 10.4. The van der Waals surface area contributed by atoms with E-state index in [1.54, 1.807) is 12.1 Å². The lowest BCUT2D eigenvalue weighted by Crippen LogP contribution is -1.93. The van der Waals surface area contributed by atoms with E-state index in [-0.39, 0.29) is 0 Å². The fraction of sp³-hybridized carbons (Fsp3) is 0.111. The maximum atomic E-state index is 5.80. The molecule has 2 heterocycles. The Morgan fingerprint density at radius 3 is 2.80 bits per heavy atom. The molecule has 0 radical (unpaired) electrons. The molecule has 78 valence electrons. The summed E-state index contributed by atoms with van der Waals surface area (Å²) in [5.41, 5.74) is 0. The van der Waals surface area contributed by atoms with E-state index in [0.717, 1.165) is 0 Å². The van der Waals surface area contributed by atoms with Crippen LogP contribution in [0.4, 0.5) is 0 Å². The first-order chi connectivity index (χ1) is 7.19. The van der Waals surface area contributed by atoms with Crippen LogP contribution in [0.5, 0.6) is 5.88 Å². The number of nitrogens with zero attached hydrogens (tertiary/aromatic N) is 2. The molecule has 0 fully saturated rings. The first kappa shape index (κ1) is 10.4. The second-order valence-corrected chi connectivity index (χ2v) is 3.83. The van der Waals surface area contributed by atoms with Gasteiger partial charge in [0.2, 0.25) is 11.7 Å². The minimum Gasteiger partial charge on any atom is -0.481 e. The normalized spacial score (nSPS) is 10.3. The van der Waals surface area contributed by atoms with Crippen molar-refractivity contribution < 1.29 is 9.15 Å². The molecule has 0 saturated heterocycles. The van der Waals surface area contributed by atoms with E-state index in [2.05, 4.69) is 25.9 Å². The standard InChI is InChI=1S/C9H6BrClN2O2/c1-14-8-4-7(11)12-9(13-8)5-2-3-6(10)15-5/h2-4H,1H3. The number of halogens is 2. The Labute approximate surface area is 99.4 Å². The van der Waals surface area contributed by atoms with Crippen LogP contribution in [-0.4, -0.2) is 17.1 Å². The van der Waals surface area contributed by atoms with Crippen molar-refractivity contribution in [1.29, 1.82) is 0 Å². The maximum absolute atomic E-state index is 5.80. The molecule has 0 amide bonds. The van der Waals surface area contributed by atoms with Crippen LogP contribution in [0.3, 0.4) is 0 Å². The van der Waals surface area contributed by atoms with Crippen LogP contribution < -0.4 is 4.74 Å². The Morgan fingerprint density at radius 1 is 1.40 bits per heavy atom. The summed E-state index contributed by atoms with van der Waals surface area (Å²) in [6.07, 6.45) is 0. The predicted molar refractivity (Wildman–Crippen MR) is 59.0 cm³/mol. The van der Waals surface area contributed by atoms with E-state index >= 15 is 0 Å². The Kier molecular flexibility index (Phi) is 2.93. The molecule has 0 spiro atoms. The molecule has 2 aromatic heterocycles. The first-order valence-corrected chi connectivity index (χ1v) is 5.20. The van der Waals surface area contributed by atoms with Gasteiger partial charge in [-0.3, -0.25) is 0 Å². The lowest BCUT2D eigenvalue weighted by molar-refractivity contribution is 0.396. The minimum absolute atomic E-state index is 0.310. The van der Waals surface area contributed by atoms with Gasteiger partial charge in [0.1, 0.15) is 5.15 Å². The number of hydrogen-bond acceptors (Lipinski definition) is 4. The summed E-state index contributed by atoms with van der Waals surface area (Å²) in [6, 6.07) is 5.03. The number of methoxy groups -OCH3 is 1. The summed E-state index contributed by atoms with van der Waals surface area (Å²) in [5.74, 6) is 1.32. The number of furan rings is 1. The molecular formula is C9H6BrClN2O2. The summed E-state index contributed by atoms with van der Waals surface area (Å²) >= 11 is 9.00. The van der Waals surface area contributed by atoms with Gasteiger partial charge in [-0.1, -0.05) is 11.6 Å². The van der Waals surface area contributed by atoms with Crippen LogP contribution in [0.2, 0.25) is 5.15 Å². The predicted octanol–water partition coefficient (Wildman–Crippen LogP) is 3.16. The van der Waals surface area contributed by atoms with Crippen LogP contribution in [0.25, 0.3) is 11.6 Å². The van der Waals surface area contributed by atoms with Crippen molar-refractivity contribution >= 4 is 27.5 Å². The van der Waals surface area contributed by atoms with Gasteiger partial charge >= 0.3 is 0 Å². The molecule has 6 heteroatoms. The van der Waals surface area contributed by atoms with E-state index in [9.17, 15) is 0 Å². The Morgan fingerprint density at radius 2 is 2.20 bits per heavy atom. The smallest absolute Gasteiger partial charge is 0.218 e. The third-order valence-electron chi connectivity index (χ3n) is 1.67. The SMILES string of the molecule is COc1cc(Cl)nc(-c2ccc(Br)o2)n1. The van der Waals surface area contributed by atoms with E-state index in [1.165, 1.54) is 13.2 Å². The van der Waals surface area contributed by atoms with E-state index in [1.807, 2.05) is 0 Å². The fourth-order valence-electron chi connectivity index (χ4n) is 1.05. The van der Waals surface area contributed by atoms with Gasteiger partial charge < -0.3 is 9.15 Å². The highest BCUT2D eigenvalue weighted by molar-refractivity contribution is 9.10. The Bertz CT molecular complexity index is 487. The van der Waals surface area contributed by atoms with Crippen molar-refractivity contribution in [2.24, 2.45) is 0 Å². The monoisotopic (exact) mass is 288 g/mol. The molecule has 0 aliphatic heterocycles. The third-order valence-corrected chi connectivity index (χ3v) is 2.29. The van der Waals surface area contributed by atoms with Gasteiger partial charge in [-0.2, -0.15) is 4.98 Å². The average Bonchev–Trinajstić information content (AvgIpc) is 2.64. The van der Waals surface area contributed by atoms with Gasteiger partial charge in [-0.25, -0.2) is 4.98 Å². The highest BCUT2D eigenvalue weighted by Gasteiger charge is 2.09. The highest BCUT2D eigenvalue weighted by Crippen LogP contribution is 2.25. The van der Waals surface area contributed by atoms with E-state index in [4.69, 9.17) is 20.8 Å². The minimum atomic E-state index is 0.310.